The number of aryl methyl sites for hydroxylation is 1. The van der Waals surface area contributed by atoms with Crippen LogP contribution >= 0.6 is 12.4 Å². The molecular weight excluding hydrogens is 284 g/mol. The van der Waals surface area contributed by atoms with Crippen molar-refractivity contribution in [2.45, 2.75) is 58.4 Å². The molecule has 1 rings (SSSR count). The second-order valence-corrected chi connectivity index (χ2v) is 5.99. The van der Waals surface area contributed by atoms with Crippen LogP contribution < -0.4 is 11.1 Å². The minimum atomic E-state index is -0.537. The van der Waals surface area contributed by atoms with Gasteiger partial charge in [0.25, 0.3) is 0 Å². The summed E-state index contributed by atoms with van der Waals surface area (Å²) in [6.45, 7) is 8.63. The van der Waals surface area contributed by atoms with Crippen LogP contribution in [0.3, 0.4) is 0 Å². The highest BCUT2D eigenvalue weighted by atomic mass is 35.5. The fourth-order valence-corrected chi connectivity index (χ4v) is 2.46. The third-order valence-electron chi connectivity index (χ3n) is 3.91. The number of nitrogens with two attached hydrogens (primary N) is 1. The van der Waals surface area contributed by atoms with Crippen molar-refractivity contribution in [3.8, 4) is 0 Å². The zero-order chi connectivity index (χ0) is 15.2. The van der Waals surface area contributed by atoms with E-state index >= 15 is 0 Å². The van der Waals surface area contributed by atoms with E-state index < -0.39 is 5.41 Å². The van der Waals surface area contributed by atoms with E-state index in [1.54, 1.807) is 0 Å². The molecule has 1 aromatic rings. The number of amides is 1. The molecule has 3 N–H and O–H groups in total. The van der Waals surface area contributed by atoms with E-state index in [4.69, 9.17) is 5.73 Å². The van der Waals surface area contributed by atoms with E-state index in [1.807, 2.05) is 45.0 Å². The Bertz CT molecular complexity index is 446. The number of unbranched alkanes of at least 4 members (excludes halogenated alkanes) is 1. The molecule has 0 aliphatic heterocycles. The maximum absolute atomic E-state index is 12.6. The second kappa shape index (κ2) is 9.06. The molecule has 0 aliphatic rings. The normalized spacial score (nSPS) is 12.4. The molecular formula is C17H29ClN2O. The highest BCUT2D eigenvalue weighted by Crippen LogP contribution is 2.26. The molecule has 1 amide bonds. The Balaban J connectivity index is 0.00000400. The fourth-order valence-electron chi connectivity index (χ4n) is 2.46. The van der Waals surface area contributed by atoms with E-state index in [-0.39, 0.29) is 24.4 Å². The number of nitrogens with one attached hydrogen (secondary N) is 1. The average Bonchev–Trinajstić information content (AvgIpc) is 2.43. The van der Waals surface area contributed by atoms with Crippen LogP contribution in [-0.2, 0) is 10.2 Å². The van der Waals surface area contributed by atoms with Gasteiger partial charge >= 0.3 is 0 Å². The van der Waals surface area contributed by atoms with Gasteiger partial charge in [0.05, 0.1) is 5.41 Å². The molecule has 0 aromatic heterocycles. The summed E-state index contributed by atoms with van der Waals surface area (Å²) in [5.74, 6) is 0.0540. The number of hydrogen-bond donors (Lipinski definition) is 2. The number of hydrogen-bond acceptors (Lipinski definition) is 2. The van der Waals surface area contributed by atoms with Crippen LogP contribution in [0.15, 0.2) is 24.3 Å². The third kappa shape index (κ3) is 5.33. The van der Waals surface area contributed by atoms with Gasteiger partial charge in [-0.05, 0) is 38.3 Å². The molecule has 0 bridgehead atoms. The Kier molecular flexibility index (Phi) is 8.60. The van der Waals surface area contributed by atoms with Crippen LogP contribution in [0.5, 0.6) is 0 Å². The van der Waals surface area contributed by atoms with Crippen LogP contribution in [0.25, 0.3) is 0 Å². The molecule has 0 spiro atoms. The smallest absolute Gasteiger partial charge is 0.230 e. The average molecular weight is 313 g/mol. The van der Waals surface area contributed by atoms with Gasteiger partial charge in [-0.1, -0.05) is 44.0 Å². The monoisotopic (exact) mass is 312 g/mol. The van der Waals surface area contributed by atoms with Gasteiger partial charge in [0, 0.05) is 12.6 Å². The summed E-state index contributed by atoms with van der Waals surface area (Å²) < 4.78 is 0. The first kappa shape index (κ1) is 19.9. The number of carbonyl (C=O) groups excluding carboxylic acids is 1. The van der Waals surface area contributed by atoms with E-state index in [0.29, 0.717) is 6.54 Å². The van der Waals surface area contributed by atoms with Crippen LogP contribution in [0.2, 0.25) is 0 Å². The van der Waals surface area contributed by atoms with Gasteiger partial charge < -0.3 is 11.1 Å². The number of halogens is 1. The standard InChI is InChI=1S/C17H28N2O.ClH/c1-5-6-10-14(12-18)19-16(20)17(3,4)15-11-8-7-9-13(15)2;/h7-9,11,14H,5-6,10,12,18H2,1-4H3,(H,19,20);1H. The number of carbonyl (C=O) groups is 1. The lowest BCUT2D eigenvalue weighted by atomic mass is 9.81. The first-order valence-electron chi connectivity index (χ1n) is 7.50. The Morgan fingerprint density at radius 3 is 2.48 bits per heavy atom. The summed E-state index contributed by atoms with van der Waals surface area (Å²) in [4.78, 5) is 12.6. The van der Waals surface area contributed by atoms with Crippen molar-refractivity contribution < 1.29 is 4.79 Å². The van der Waals surface area contributed by atoms with Gasteiger partial charge in [0.15, 0.2) is 0 Å². The maximum Gasteiger partial charge on any atom is 0.230 e. The predicted molar refractivity (Wildman–Crippen MR) is 92.0 cm³/mol. The molecule has 0 saturated carbocycles. The quantitative estimate of drug-likeness (QED) is 0.811. The minimum Gasteiger partial charge on any atom is -0.351 e. The van der Waals surface area contributed by atoms with Gasteiger partial charge in [0.1, 0.15) is 0 Å². The fraction of sp³-hybridized carbons (Fsp3) is 0.588. The van der Waals surface area contributed by atoms with Crippen molar-refractivity contribution >= 4 is 18.3 Å². The van der Waals surface area contributed by atoms with E-state index in [9.17, 15) is 4.79 Å². The van der Waals surface area contributed by atoms with E-state index in [1.165, 1.54) is 0 Å². The molecule has 1 unspecified atom stereocenters. The summed E-state index contributed by atoms with van der Waals surface area (Å²) >= 11 is 0. The molecule has 0 radical (unpaired) electrons. The third-order valence-corrected chi connectivity index (χ3v) is 3.91. The van der Waals surface area contributed by atoms with Crippen molar-refractivity contribution in [2.24, 2.45) is 5.73 Å². The molecule has 0 aliphatic carbocycles. The second-order valence-electron chi connectivity index (χ2n) is 5.99. The van der Waals surface area contributed by atoms with Crippen molar-refractivity contribution in [1.29, 1.82) is 0 Å². The Morgan fingerprint density at radius 2 is 1.95 bits per heavy atom. The van der Waals surface area contributed by atoms with Gasteiger partial charge in [-0.15, -0.1) is 12.4 Å². The molecule has 0 heterocycles. The van der Waals surface area contributed by atoms with Crippen LogP contribution in [0.1, 0.15) is 51.2 Å². The van der Waals surface area contributed by atoms with Crippen molar-refractivity contribution in [1.82, 2.24) is 5.32 Å². The van der Waals surface area contributed by atoms with Gasteiger partial charge in [-0.2, -0.15) is 0 Å². The number of rotatable bonds is 7. The predicted octanol–water partition coefficient (Wildman–Crippen LogP) is 3.33. The number of benzene rings is 1. The lowest BCUT2D eigenvalue weighted by molar-refractivity contribution is -0.126. The Labute approximate surface area is 135 Å². The maximum atomic E-state index is 12.6. The summed E-state index contributed by atoms with van der Waals surface area (Å²) in [5.41, 5.74) is 7.44. The molecule has 120 valence electrons. The zero-order valence-electron chi connectivity index (χ0n) is 13.6. The topological polar surface area (TPSA) is 55.1 Å². The summed E-state index contributed by atoms with van der Waals surface area (Å²) in [5, 5.41) is 3.10. The Morgan fingerprint density at radius 1 is 1.33 bits per heavy atom. The van der Waals surface area contributed by atoms with E-state index in [0.717, 1.165) is 30.4 Å². The summed E-state index contributed by atoms with van der Waals surface area (Å²) in [6.07, 6.45) is 3.16. The lowest BCUT2D eigenvalue weighted by Crippen LogP contribution is -2.48. The highest BCUT2D eigenvalue weighted by Gasteiger charge is 2.31. The Hall–Kier alpha value is -1.06. The minimum absolute atomic E-state index is 0. The van der Waals surface area contributed by atoms with E-state index in [2.05, 4.69) is 12.2 Å². The first-order valence-corrected chi connectivity index (χ1v) is 7.50. The molecule has 4 heteroatoms. The van der Waals surface area contributed by atoms with Gasteiger partial charge in [-0.3, -0.25) is 4.79 Å². The molecule has 0 fully saturated rings. The molecule has 3 nitrogen and oxygen atoms in total. The summed E-state index contributed by atoms with van der Waals surface area (Å²) in [6, 6.07) is 8.12. The lowest BCUT2D eigenvalue weighted by Gasteiger charge is -2.28. The van der Waals surface area contributed by atoms with Gasteiger partial charge in [0.2, 0.25) is 5.91 Å². The SMILES string of the molecule is CCCCC(CN)NC(=O)C(C)(C)c1ccccc1C.Cl. The molecule has 21 heavy (non-hydrogen) atoms. The molecule has 0 saturated heterocycles. The van der Waals surface area contributed by atoms with Gasteiger partial charge in [-0.25, -0.2) is 0 Å². The largest absolute Gasteiger partial charge is 0.351 e. The van der Waals surface area contributed by atoms with Crippen LogP contribution in [0, 0.1) is 6.92 Å². The van der Waals surface area contributed by atoms with Crippen molar-refractivity contribution in [2.75, 3.05) is 6.54 Å². The highest BCUT2D eigenvalue weighted by molar-refractivity contribution is 5.88. The van der Waals surface area contributed by atoms with Crippen LogP contribution in [-0.4, -0.2) is 18.5 Å². The van der Waals surface area contributed by atoms with Crippen molar-refractivity contribution in [3.63, 3.8) is 0 Å². The summed E-state index contributed by atoms with van der Waals surface area (Å²) in [7, 11) is 0. The van der Waals surface area contributed by atoms with Crippen molar-refractivity contribution in [3.05, 3.63) is 35.4 Å². The first-order chi connectivity index (χ1) is 9.43. The molecule has 1 atom stereocenters. The zero-order valence-corrected chi connectivity index (χ0v) is 14.4. The molecule has 1 aromatic carbocycles. The van der Waals surface area contributed by atoms with Crippen LogP contribution in [0.4, 0.5) is 0 Å².